The fourth-order valence-electron chi connectivity index (χ4n) is 1.96. The van der Waals surface area contributed by atoms with E-state index in [4.69, 9.17) is 24.2 Å². The van der Waals surface area contributed by atoms with Gasteiger partial charge in [-0.15, -0.1) is 0 Å². The van der Waals surface area contributed by atoms with E-state index < -0.39 is 24.3 Å². The molecule has 3 N–H and O–H groups in total. The smallest absolute Gasteiger partial charge is 0.475 e. The Morgan fingerprint density at radius 1 is 1.07 bits per heavy atom. The number of aromatic nitrogens is 2. The molecule has 0 aliphatic carbocycles. The maximum atomic E-state index is 10.6. The van der Waals surface area contributed by atoms with Crippen LogP contribution in [0.25, 0.3) is 11.1 Å². The molecule has 0 unspecified atom stereocenters. The zero-order chi connectivity index (χ0) is 22.9. The minimum Gasteiger partial charge on any atom is -0.475 e. The summed E-state index contributed by atoms with van der Waals surface area (Å²) in [4.78, 5) is 28.6. The fourth-order valence-corrected chi connectivity index (χ4v) is 1.96. The fraction of sp³-hybridized carbons (Fsp3) is 0.467. The number of nitrogens with zero attached hydrogens (tertiary/aromatic N) is 3. The number of halogens is 6. The molecule has 1 saturated heterocycles. The summed E-state index contributed by atoms with van der Waals surface area (Å²) in [7, 11) is 0. The third-order valence-electron chi connectivity index (χ3n) is 3.29. The maximum absolute atomic E-state index is 10.6. The van der Waals surface area contributed by atoms with Crippen LogP contribution in [-0.2, 0) is 16.1 Å². The van der Waals surface area contributed by atoms with Crippen molar-refractivity contribution in [3.8, 4) is 0 Å². The quantitative estimate of drug-likeness (QED) is 0.593. The second kappa shape index (κ2) is 10.7. The molecule has 2 aromatic rings. The van der Waals surface area contributed by atoms with Crippen molar-refractivity contribution in [3.63, 3.8) is 0 Å². The molecule has 0 atom stereocenters. The Morgan fingerprint density at radius 3 is 2.00 bits per heavy atom. The highest BCUT2D eigenvalue weighted by molar-refractivity contribution is 5.73. The second-order valence-corrected chi connectivity index (χ2v) is 5.58. The third kappa shape index (κ3) is 9.04. The van der Waals surface area contributed by atoms with Crippen LogP contribution in [0.5, 0.6) is 0 Å². The topological polar surface area (TPSA) is 129 Å². The van der Waals surface area contributed by atoms with E-state index in [0.717, 1.165) is 49.7 Å². The molecule has 1 fully saturated rings. The molecule has 0 aromatic carbocycles. The standard InChI is InChI=1S/C11H14N4O.2C2HF3O2/c1-2-13-7-10-9(1)14-11(16-10)8-15-5-3-12-4-6-15;2*3-2(4,5)1(6)7/h1-2,7,12H,3-6,8H2;2*(H,6,7). The molecule has 0 amide bonds. The van der Waals surface area contributed by atoms with Gasteiger partial charge in [0.2, 0.25) is 5.89 Å². The predicted molar refractivity (Wildman–Crippen MR) is 87.3 cm³/mol. The number of oxazole rings is 1. The van der Waals surface area contributed by atoms with Gasteiger partial charge in [-0.1, -0.05) is 0 Å². The number of fused-ring (bicyclic) bond motifs is 1. The Hall–Kier alpha value is -2.94. The Balaban J connectivity index is 0.000000271. The minimum absolute atomic E-state index is 0.771. The van der Waals surface area contributed by atoms with E-state index in [1.807, 2.05) is 6.07 Å². The molecular formula is C15H16F6N4O5. The summed E-state index contributed by atoms with van der Waals surface area (Å²) in [6.07, 6.45) is -6.72. The van der Waals surface area contributed by atoms with Gasteiger partial charge in [0, 0.05) is 32.4 Å². The highest BCUT2D eigenvalue weighted by atomic mass is 19.4. The summed E-state index contributed by atoms with van der Waals surface area (Å²) < 4.78 is 69.1. The highest BCUT2D eigenvalue weighted by Gasteiger charge is 2.38. The molecule has 3 heterocycles. The SMILES string of the molecule is O=C(O)C(F)(F)F.O=C(O)C(F)(F)F.c1cc2nc(CN3CCNCC3)oc2cn1. The van der Waals surface area contributed by atoms with Gasteiger partial charge in [-0.2, -0.15) is 26.3 Å². The van der Waals surface area contributed by atoms with E-state index in [-0.39, 0.29) is 0 Å². The van der Waals surface area contributed by atoms with Crippen LogP contribution in [0.1, 0.15) is 5.89 Å². The number of carboxylic acid groups (broad SMARTS) is 2. The summed E-state index contributed by atoms with van der Waals surface area (Å²) in [5.41, 5.74) is 1.66. The monoisotopic (exact) mass is 446 g/mol. The first-order chi connectivity index (χ1) is 13.8. The van der Waals surface area contributed by atoms with Gasteiger partial charge in [0.25, 0.3) is 0 Å². The van der Waals surface area contributed by atoms with Crippen LogP contribution in [0.15, 0.2) is 22.9 Å². The number of piperazine rings is 1. The molecule has 2 aromatic heterocycles. The molecule has 3 rings (SSSR count). The number of nitrogens with one attached hydrogen (secondary N) is 1. The first kappa shape index (κ1) is 25.1. The van der Waals surface area contributed by atoms with E-state index in [2.05, 4.69) is 20.2 Å². The van der Waals surface area contributed by atoms with Gasteiger partial charge in [0.15, 0.2) is 5.58 Å². The summed E-state index contributed by atoms with van der Waals surface area (Å²) in [6.45, 7) is 4.98. The van der Waals surface area contributed by atoms with Crippen LogP contribution in [0.4, 0.5) is 26.3 Å². The van der Waals surface area contributed by atoms with Crippen molar-refractivity contribution in [3.05, 3.63) is 24.4 Å². The van der Waals surface area contributed by atoms with Crippen molar-refractivity contribution in [2.45, 2.75) is 18.9 Å². The van der Waals surface area contributed by atoms with Crippen LogP contribution in [0.2, 0.25) is 0 Å². The van der Waals surface area contributed by atoms with Gasteiger partial charge in [-0.05, 0) is 6.07 Å². The number of aliphatic carboxylic acids is 2. The van der Waals surface area contributed by atoms with Gasteiger partial charge in [-0.3, -0.25) is 9.88 Å². The summed E-state index contributed by atoms with van der Waals surface area (Å²) in [5.74, 6) is -4.73. The van der Waals surface area contributed by atoms with E-state index in [1.54, 1.807) is 12.4 Å². The number of rotatable bonds is 2. The van der Waals surface area contributed by atoms with Gasteiger partial charge < -0.3 is 19.9 Å². The molecule has 0 saturated carbocycles. The first-order valence-electron chi connectivity index (χ1n) is 8.03. The van der Waals surface area contributed by atoms with Gasteiger partial charge in [0.1, 0.15) is 5.52 Å². The molecule has 0 radical (unpaired) electrons. The van der Waals surface area contributed by atoms with E-state index in [0.29, 0.717) is 0 Å². The van der Waals surface area contributed by atoms with Crippen molar-refractivity contribution in [1.29, 1.82) is 0 Å². The Kier molecular flexibility index (Phi) is 8.97. The summed E-state index contributed by atoms with van der Waals surface area (Å²) in [6, 6.07) is 1.88. The lowest BCUT2D eigenvalue weighted by Gasteiger charge is -2.25. The molecule has 15 heteroatoms. The summed E-state index contributed by atoms with van der Waals surface area (Å²) in [5, 5.41) is 17.6. The van der Waals surface area contributed by atoms with Crippen molar-refractivity contribution in [2.24, 2.45) is 0 Å². The Labute approximate surface area is 164 Å². The number of pyridine rings is 1. The molecule has 9 nitrogen and oxygen atoms in total. The van der Waals surface area contributed by atoms with Crippen molar-refractivity contribution in [2.75, 3.05) is 26.2 Å². The Bertz CT molecular complexity index is 776. The number of carbonyl (C=O) groups is 2. The van der Waals surface area contributed by atoms with Gasteiger partial charge in [-0.25, -0.2) is 14.6 Å². The molecule has 0 spiro atoms. The second-order valence-electron chi connectivity index (χ2n) is 5.58. The van der Waals surface area contributed by atoms with E-state index in [9.17, 15) is 26.3 Å². The zero-order valence-electron chi connectivity index (χ0n) is 15.0. The van der Waals surface area contributed by atoms with Crippen LogP contribution in [0, 0.1) is 0 Å². The lowest BCUT2D eigenvalue weighted by atomic mass is 10.3. The molecule has 168 valence electrons. The van der Waals surface area contributed by atoms with Crippen LogP contribution in [-0.4, -0.2) is 75.6 Å². The predicted octanol–water partition coefficient (Wildman–Crippen LogP) is 1.89. The number of carboxylic acids is 2. The third-order valence-corrected chi connectivity index (χ3v) is 3.29. The van der Waals surface area contributed by atoms with E-state index >= 15 is 0 Å². The van der Waals surface area contributed by atoms with E-state index in [1.165, 1.54) is 0 Å². The molecule has 0 bridgehead atoms. The lowest BCUT2D eigenvalue weighted by Crippen LogP contribution is -2.42. The highest BCUT2D eigenvalue weighted by Crippen LogP contribution is 2.15. The Morgan fingerprint density at radius 2 is 1.57 bits per heavy atom. The average Bonchev–Trinajstić information content (AvgIpc) is 3.04. The van der Waals surface area contributed by atoms with Crippen LogP contribution >= 0.6 is 0 Å². The van der Waals surface area contributed by atoms with Crippen molar-refractivity contribution in [1.82, 2.24) is 20.2 Å². The summed E-state index contributed by atoms with van der Waals surface area (Å²) >= 11 is 0. The van der Waals surface area contributed by atoms with Crippen LogP contribution in [0.3, 0.4) is 0 Å². The van der Waals surface area contributed by atoms with Crippen LogP contribution < -0.4 is 5.32 Å². The zero-order valence-corrected chi connectivity index (χ0v) is 15.0. The normalized spacial score (nSPS) is 14.9. The lowest BCUT2D eigenvalue weighted by molar-refractivity contribution is -0.193. The minimum atomic E-state index is -5.08. The first-order valence-corrected chi connectivity index (χ1v) is 8.03. The molecule has 30 heavy (non-hydrogen) atoms. The maximum Gasteiger partial charge on any atom is 0.490 e. The molecule has 1 aliphatic heterocycles. The molecular weight excluding hydrogens is 430 g/mol. The number of hydrogen-bond acceptors (Lipinski definition) is 7. The van der Waals surface area contributed by atoms with Gasteiger partial charge >= 0.3 is 24.3 Å². The number of alkyl halides is 6. The molecule has 1 aliphatic rings. The van der Waals surface area contributed by atoms with Gasteiger partial charge in [0.05, 0.1) is 12.7 Å². The van der Waals surface area contributed by atoms with Crippen molar-refractivity contribution < 1.29 is 50.6 Å². The average molecular weight is 446 g/mol. The largest absolute Gasteiger partial charge is 0.490 e. The van der Waals surface area contributed by atoms with Crippen molar-refractivity contribution >= 4 is 23.0 Å². The number of hydrogen-bond donors (Lipinski definition) is 3.